The monoisotopic (exact) mass is 256 g/mol. The van der Waals surface area contributed by atoms with Gasteiger partial charge >= 0.3 is 0 Å². The van der Waals surface area contributed by atoms with Crippen LogP contribution in [-0.2, 0) is 4.74 Å². The molecule has 18 heavy (non-hydrogen) atoms. The van der Waals surface area contributed by atoms with Crippen LogP contribution < -0.4 is 5.73 Å². The number of halogens is 1. The average molecular weight is 256 g/mol. The third-order valence-corrected chi connectivity index (χ3v) is 2.43. The molecule has 0 aliphatic heterocycles. The van der Waals surface area contributed by atoms with Gasteiger partial charge < -0.3 is 20.5 Å². The van der Waals surface area contributed by atoms with E-state index >= 15 is 0 Å². The zero-order chi connectivity index (χ0) is 13.5. The number of rotatable bonds is 6. The first-order valence-electron chi connectivity index (χ1n) is 5.57. The van der Waals surface area contributed by atoms with Crippen molar-refractivity contribution in [3.63, 3.8) is 0 Å². The normalized spacial score (nSPS) is 10.4. The van der Waals surface area contributed by atoms with Crippen molar-refractivity contribution >= 4 is 5.91 Å². The summed E-state index contributed by atoms with van der Waals surface area (Å²) in [7, 11) is 1.52. The molecule has 0 aliphatic carbocycles. The highest BCUT2D eigenvalue weighted by Crippen LogP contribution is 2.16. The Morgan fingerprint density at radius 1 is 1.50 bits per heavy atom. The van der Waals surface area contributed by atoms with Gasteiger partial charge in [-0.05, 0) is 12.1 Å². The predicted molar refractivity (Wildman–Crippen MR) is 64.9 cm³/mol. The van der Waals surface area contributed by atoms with Crippen LogP contribution in [0.4, 0.5) is 4.39 Å². The van der Waals surface area contributed by atoms with Gasteiger partial charge in [0.15, 0.2) is 0 Å². The van der Waals surface area contributed by atoms with Crippen LogP contribution in [-0.4, -0.2) is 49.3 Å². The lowest BCUT2D eigenvalue weighted by molar-refractivity contribution is 0.0697. The Kier molecular flexibility index (Phi) is 5.54. The summed E-state index contributed by atoms with van der Waals surface area (Å²) >= 11 is 0. The van der Waals surface area contributed by atoms with Crippen LogP contribution in [0, 0.1) is 5.82 Å². The number of nitrogens with zero attached hydrogens (tertiary/aromatic N) is 1. The largest absolute Gasteiger partial charge is 0.508 e. The minimum atomic E-state index is -0.751. The summed E-state index contributed by atoms with van der Waals surface area (Å²) in [4.78, 5) is 13.5. The summed E-state index contributed by atoms with van der Waals surface area (Å²) in [6.45, 7) is 1.30. The van der Waals surface area contributed by atoms with Gasteiger partial charge in [0.25, 0.3) is 5.91 Å². The first-order chi connectivity index (χ1) is 8.60. The van der Waals surface area contributed by atoms with Crippen molar-refractivity contribution in [1.82, 2.24) is 4.90 Å². The quantitative estimate of drug-likeness (QED) is 0.780. The molecule has 1 aromatic carbocycles. The van der Waals surface area contributed by atoms with Crippen molar-refractivity contribution in [2.45, 2.75) is 0 Å². The summed E-state index contributed by atoms with van der Waals surface area (Å²) in [6.07, 6.45) is 0. The molecule has 6 heteroatoms. The van der Waals surface area contributed by atoms with Crippen LogP contribution >= 0.6 is 0 Å². The zero-order valence-corrected chi connectivity index (χ0v) is 10.2. The standard InChI is InChI=1S/C12H17FN2O3/c1-18-7-6-15(5-4-14)12(17)10-3-2-9(16)8-11(10)13/h2-3,8,16H,4-7,14H2,1H3. The Labute approximate surface area is 105 Å². The van der Waals surface area contributed by atoms with Gasteiger partial charge in [0.05, 0.1) is 12.2 Å². The summed E-state index contributed by atoms with van der Waals surface area (Å²) in [5.41, 5.74) is 5.32. The van der Waals surface area contributed by atoms with Crippen LogP contribution in [0.25, 0.3) is 0 Å². The maximum Gasteiger partial charge on any atom is 0.256 e. The van der Waals surface area contributed by atoms with Crippen LogP contribution in [0.5, 0.6) is 5.75 Å². The van der Waals surface area contributed by atoms with E-state index in [0.29, 0.717) is 19.7 Å². The van der Waals surface area contributed by atoms with E-state index in [4.69, 9.17) is 15.6 Å². The number of methoxy groups -OCH3 is 1. The number of aromatic hydroxyl groups is 1. The maximum atomic E-state index is 13.6. The molecular weight excluding hydrogens is 239 g/mol. The van der Waals surface area contributed by atoms with Gasteiger partial charge in [0.2, 0.25) is 0 Å². The molecule has 0 spiro atoms. The zero-order valence-electron chi connectivity index (χ0n) is 10.2. The molecule has 0 unspecified atom stereocenters. The second kappa shape index (κ2) is 6.93. The van der Waals surface area contributed by atoms with Gasteiger partial charge in [0.1, 0.15) is 11.6 Å². The number of carbonyl (C=O) groups is 1. The molecule has 0 radical (unpaired) electrons. The number of amides is 1. The SMILES string of the molecule is COCCN(CCN)C(=O)c1ccc(O)cc1F. The summed E-state index contributed by atoms with van der Waals surface area (Å²) in [6, 6.07) is 3.43. The smallest absolute Gasteiger partial charge is 0.256 e. The summed E-state index contributed by atoms with van der Waals surface area (Å²) in [5, 5.41) is 9.10. The molecular formula is C12H17FN2O3. The number of benzene rings is 1. The Bertz CT molecular complexity index is 412. The molecule has 0 aromatic heterocycles. The molecule has 0 bridgehead atoms. The van der Waals surface area contributed by atoms with E-state index in [1.807, 2.05) is 0 Å². The second-order valence-corrected chi connectivity index (χ2v) is 3.74. The third kappa shape index (κ3) is 3.68. The van der Waals surface area contributed by atoms with E-state index in [1.54, 1.807) is 0 Å². The molecule has 100 valence electrons. The number of hydrogen-bond donors (Lipinski definition) is 2. The Balaban J connectivity index is 2.87. The van der Waals surface area contributed by atoms with Crippen molar-refractivity contribution in [2.75, 3.05) is 33.4 Å². The van der Waals surface area contributed by atoms with Gasteiger partial charge in [-0.1, -0.05) is 0 Å². The molecule has 0 aliphatic rings. The van der Waals surface area contributed by atoms with E-state index < -0.39 is 11.7 Å². The minimum absolute atomic E-state index is 0.0858. The van der Waals surface area contributed by atoms with Crippen molar-refractivity contribution in [3.8, 4) is 5.75 Å². The van der Waals surface area contributed by atoms with Gasteiger partial charge in [0, 0.05) is 32.8 Å². The fourth-order valence-electron chi connectivity index (χ4n) is 1.52. The minimum Gasteiger partial charge on any atom is -0.508 e. The molecule has 0 atom stereocenters. The lowest BCUT2D eigenvalue weighted by Crippen LogP contribution is -2.38. The lowest BCUT2D eigenvalue weighted by Gasteiger charge is -2.21. The van der Waals surface area contributed by atoms with Gasteiger partial charge in [-0.3, -0.25) is 4.79 Å². The van der Waals surface area contributed by atoms with Crippen molar-refractivity contribution in [3.05, 3.63) is 29.6 Å². The third-order valence-electron chi connectivity index (χ3n) is 2.43. The molecule has 0 fully saturated rings. The summed E-state index contributed by atoms with van der Waals surface area (Å²) in [5.74, 6) is -1.43. The highest BCUT2D eigenvalue weighted by molar-refractivity contribution is 5.94. The second-order valence-electron chi connectivity index (χ2n) is 3.74. The van der Waals surface area contributed by atoms with Crippen LogP contribution in [0.15, 0.2) is 18.2 Å². The summed E-state index contributed by atoms with van der Waals surface area (Å²) < 4.78 is 18.4. The number of ether oxygens (including phenoxy) is 1. The Morgan fingerprint density at radius 3 is 2.78 bits per heavy atom. The molecule has 5 nitrogen and oxygen atoms in total. The number of phenolic OH excluding ortho intramolecular Hbond substituents is 1. The first kappa shape index (κ1) is 14.4. The van der Waals surface area contributed by atoms with E-state index in [9.17, 15) is 9.18 Å². The van der Waals surface area contributed by atoms with Crippen molar-refractivity contribution in [2.24, 2.45) is 5.73 Å². The number of hydrogen-bond acceptors (Lipinski definition) is 4. The maximum absolute atomic E-state index is 13.6. The van der Waals surface area contributed by atoms with E-state index in [1.165, 1.54) is 24.1 Å². The average Bonchev–Trinajstić information content (AvgIpc) is 2.33. The number of nitrogens with two attached hydrogens (primary N) is 1. The predicted octanol–water partition coefficient (Wildman–Crippen LogP) is 0.579. The first-order valence-corrected chi connectivity index (χ1v) is 5.57. The topological polar surface area (TPSA) is 75.8 Å². The fourth-order valence-corrected chi connectivity index (χ4v) is 1.52. The van der Waals surface area contributed by atoms with Crippen molar-refractivity contribution in [1.29, 1.82) is 0 Å². The van der Waals surface area contributed by atoms with Crippen molar-refractivity contribution < 1.29 is 19.0 Å². The molecule has 0 saturated carbocycles. The Hall–Kier alpha value is -1.66. The number of carbonyl (C=O) groups excluding carboxylic acids is 1. The van der Waals surface area contributed by atoms with E-state index in [-0.39, 0.29) is 17.9 Å². The lowest BCUT2D eigenvalue weighted by atomic mass is 10.1. The van der Waals surface area contributed by atoms with E-state index in [2.05, 4.69) is 0 Å². The molecule has 0 saturated heterocycles. The van der Waals surface area contributed by atoms with Gasteiger partial charge in [-0.15, -0.1) is 0 Å². The Morgan fingerprint density at radius 2 is 2.22 bits per heavy atom. The van der Waals surface area contributed by atoms with E-state index in [0.717, 1.165) is 6.07 Å². The highest BCUT2D eigenvalue weighted by atomic mass is 19.1. The molecule has 0 heterocycles. The number of phenols is 1. The molecule has 1 rings (SSSR count). The van der Waals surface area contributed by atoms with Gasteiger partial charge in [-0.25, -0.2) is 4.39 Å². The highest BCUT2D eigenvalue weighted by Gasteiger charge is 2.18. The van der Waals surface area contributed by atoms with Crippen LogP contribution in [0.2, 0.25) is 0 Å². The van der Waals surface area contributed by atoms with Crippen LogP contribution in [0.1, 0.15) is 10.4 Å². The molecule has 1 amide bonds. The van der Waals surface area contributed by atoms with Crippen LogP contribution in [0.3, 0.4) is 0 Å². The molecule has 3 N–H and O–H groups in total. The fraction of sp³-hybridized carbons (Fsp3) is 0.417. The van der Waals surface area contributed by atoms with Gasteiger partial charge in [-0.2, -0.15) is 0 Å². The molecule has 1 aromatic rings.